The number of rotatable bonds is 6. The van der Waals surface area contributed by atoms with E-state index < -0.39 is 0 Å². The van der Waals surface area contributed by atoms with Gasteiger partial charge in [0, 0.05) is 17.4 Å². The molecule has 4 heterocycles. The topological polar surface area (TPSA) is 98.4 Å². The number of anilines is 2. The Balaban J connectivity index is 1.52. The Kier molecular flexibility index (Phi) is 6.73. The van der Waals surface area contributed by atoms with Crippen LogP contribution in [0.15, 0.2) is 95.0 Å². The third kappa shape index (κ3) is 4.43. The molecule has 5 aromatic rings. The van der Waals surface area contributed by atoms with Crippen LogP contribution >= 0.6 is 0 Å². The second-order valence-corrected chi connectivity index (χ2v) is 10.5. The van der Waals surface area contributed by atoms with Crippen molar-refractivity contribution >= 4 is 34.6 Å². The zero-order chi connectivity index (χ0) is 30.4. The lowest BCUT2D eigenvalue weighted by atomic mass is 9.92. The van der Waals surface area contributed by atoms with Crippen molar-refractivity contribution in [3.63, 3.8) is 0 Å². The van der Waals surface area contributed by atoms with Gasteiger partial charge in [-0.15, -0.1) is 0 Å². The van der Waals surface area contributed by atoms with Gasteiger partial charge in [-0.05, 0) is 67.9 Å². The fourth-order valence-corrected chi connectivity index (χ4v) is 5.78. The quantitative estimate of drug-likeness (QED) is 0.237. The van der Waals surface area contributed by atoms with Crippen molar-refractivity contribution in [1.82, 2.24) is 14.8 Å². The summed E-state index contributed by atoms with van der Waals surface area (Å²) < 4.78 is 19.1. The van der Waals surface area contributed by atoms with Gasteiger partial charge in [-0.1, -0.05) is 35.9 Å². The van der Waals surface area contributed by atoms with Crippen LogP contribution in [-0.4, -0.2) is 47.8 Å². The number of methoxy groups -OCH3 is 3. The Bertz CT molecular complexity index is 1910. The molecule has 44 heavy (non-hydrogen) atoms. The average Bonchev–Trinajstić information content (AvgIpc) is 3.40. The molecule has 0 saturated carbocycles. The summed E-state index contributed by atoms with van der Waals surface area (Å²) >= 11 is 0. The first kappa shape index (κ1) is 27.2. The molecule has 10 nitrogen and oxygen atoms in total. The SMILES string of the molecule is COc1cc([C@@H]2c3c(C)nn(-c4ccccn4)c3N=C3C(Nc4ccc(C)cc4)=Nc4ccccc4N32)cc(OC)c1OC. The molecule has 0 spiro atoms. The zero-order valence-electron chi connectivity index (χ0n) is 25.1. The number of hydrogen-bond acceptors (Lipinski definition) is 9. The average molecular weight is 586 g/mol. The summed E-state index contributed by atoms with van der Waals surface area (Å²) in [5.41, 5.74) is 6.46. The smallest absolute Gasteiger partial charge is 0.203 e. The third-order valence-electron chi connectivity index (χ3n) is 7.82. The Hall–Kier alpha value is -5.64. The summed E-state index contributed by atoms with van der Waals surface area (Å²) in [6.07, 6.45) is 1.75. The molecule has 1 N–H and O–H groups in total. The summed E-state index contributed by atoms with van der Waals surface area (Å²) in [4.78, 5) is 17.2. The fourth-order valence-electron chi connectivity index (χ4n) is 5.78. The van der Waals surface area contributed by atoms with Crippen molar-refractivity contribution in [2.45, 2.75) is 19.9 Å². The number of nitrogens with one attached hydrogen (secondary N) is 1. The van der Waals surface area contributed by atoms with Crippen LogP contribution in [0, 0.1) is 13.8 Å². The molecular formula is C34H31N7O3. The minimum absolute atomic E-state index is 0.380. The predicted molar refractivity (Wildman–Crippen MR) is 172 cm³/mol. The number of aryl methyl sites for hydroxylation is 2. The number of ether oxygens (including phenoxy) is 3. The highest BCUT2D eigenvalue weighted by atomic mass is 16.5. The van der Waals surface area contributed by atoms with Crippen molar-refractivity contribution in [3.05, 3.63) is 107 Å². The van der Waals surface area contributed by atoms with Gasteiger partial charge >= 0.3 is 0 Å². The largest absolute Gasteiger partial charge is 0.493 e. The van der Waals surface area contributed by atoms with Crippen LogP contribution < -0.4 is 24.4 Å². The monoisotopic (exact) mass is 585 g/mol. The normalized spacial score (nSPS) is 14.9. The molecule has 2 aliphatic heterocycles. The molecule has 3 aromatic carbocycles. The summed E-state index contributed by atoms with van der Waals surface area (Å²) in [5.74, 6) is 4.23. The molecule has 10 heteroatoms. The maximum Gasteiger partial charge on any atom is 0.203 e. The van der Waals surface area contributed by atoms with Gasteiger partial charge in [0.05, 0.1) is 44.4 Å². The summed E-state index contributed by atoms with van der Waals surface area (Å²) in [5, 5.41) is 8.51. The van der Waals surface area contributed by atoms with E-state index in [1.807, 2.05) is 67.6 Å². The summed E-state index contributed by atoms with van der Waals surface area (Å²) in [7, 11) is 4.85. The van der Waals surface area contributed by atoms with Gasteiger partial charge in [0.2, 0.25) is 5.75 Å². The number of para-hydroxylation sites is 2. The summed E-state index contributed by atoms with van der Waals surface area (Å²) in [6, 6.07) is 25.6. The van der Waals surface area contributed by atoms with E-state index in [1.54, 1.807) is 32.2 Å². The van der Waals surface area contributed by atoms with Crippen LogP contribution in [0.25, 0.3) is 5.82 Å². The molecule has 0 fully saturated rings. The maximum absolute atomic E-state index is 5.80. The number of benzene rings is 3. The Labute approximate surface area is 255 Å². The highest BCUT2D eigenvalue weighted by Gasteiger charge is 2.42. The number of nitrogens with zero attached hydrogens (tertiary/aromatic N) is 6. The molecule has 0 saturated heterocycles. The van der Waals surface area contributed by atoms with Gasteiger partial charge in [-0.2, -0.15) is 9.78 Å². The van der Waals surface area contributed by atoms with E-state index in [4.69, 9.17) is 29.3 Å². The highest BCUT2D eigenvalue weighted by molar-refractivity contribution is 6.51. The molecule has 0 unspecified atom stereocenters. The lowest BCUT2D eigenvalue weighted by Crippen LogP contribution is -2.46. The van der Waals surface area contributed by atoms with Crippen LogP contribution in [0.5, 0.6) is 17.2 Å². The second-order valence-electron chi connectivity index (χ2n) is 10.5. The van der Waals surface area contributed by atoms with Crippen LogP contribution in [0.4, 0.5) is 22.9 Å². The first-order valence-electron chi connectivity index (χ1n) is 14.2. The molecule has 7 rings (SSSR count). The standard InChI is InChI=1S/C34H31N7O3/c1-20-13-15-23(16-14-20)36-32-34-38-33-29(21(2)39-41(33)28-12-8-9-17-35-28)30(40(34)25-11-7-6-10-24(25)37-32)22-18-26(42-3)31(44-5)27(19-22)43-4/h6-19,30H,1-5H3,(H,36,37)/t30-/m1/s1. The molecule has 0 amide bonds. The second kappa shape index (κ2) is 10.9. The molecule has 0 aliphatic carbocycles. The summed E-state index contributed by atoms with van der Waals surface area (Å²) in [6.45, 7) is 4.06. The van der Waals surface area contributed by atoms with E-state index in [0.29, 0.717) is 40.6 Å². The van der Waals surface area contributed by atoms with Crippen LogP contribution in [0.3, 0.4) is 0 Å². The molecular weight excluding hydrogens is 554 g/mol. The van der Waals surface area contributed by atoms with Crippen molar-refractivity contribution in [3.8, 4) is 23.1 Å². The molecule has 2 aromatic heterocycles. The van der Waals surface area contributed by atoms with Crippen LogP contribution in [0.1, 0.15) is 28.4 Å². The number of fused-ring (bicyclic) bond motifs is 4. The molecule has 220 valence electrons. The molecule has 0 radical (unpaired) electrons. The van der Waals surface area contributed by atoms with Gasteiger partial charge in [0.25, 0.3) is 0 Å². The van der Waals surface area contributed by atoms with E-state index in [1.165, 1.54) is 5.56 Å². The van der Waals surface area contributed by atoms with E-state index in [0.717, 1.165) is 33.9 Å². The highest BCUT2D eigenvalue weighted by Crippen LogP contribution is 2.50. The van der Waals surface area contributed by atoms with Gasteiger partial charge in [0.15, 0.2) is 34.8 Å². The Morgan fingerprint density at radius 3 is 2.20 bits per heavy atom. The van der Waals surface area contributed by atoms with Crippen molar-refractivity contribution in [2.24, 2.45) is 9.98 Å². The number of amidine groups is 2. The molecule has 0 bridgehead atoms. The number of hydrogen-bond donors (Lipinski definition) is 1. The van der Waals surface area contributed by atoms with E-state index >= 15 is 0 Å². The minimum atomic E-state index is -0.380. The van der Waals surface area contributed by atoms with Gasteiger partial charge in [0.1, 0.15) is 0 Å². The van der Waals surface area contributed by atoms with E-state index in [-0.39, 0.29) is 6.04 Å². The van der Waals surface area contributed by atoms with Gasteiger partial charge < -0.3 is 24.4 Å². The molecule has 2 aliphatic rings. The predicted octanol–water partition coefficient (Wildman–Crippen LogP) is 6.71. The van der Waals surface area contributed by atoms with Crippen LogP contribution in [0.2, 0.25) is 0 Å². The lowest BCUT2D eigenvalue weighted by molar-refractivity contribution is 0.323. The number of pyridine rings is 1. The Morgan fingerprint density at radius 2 is 1.52 bits per heavy atom. The van der Waals surface area contributed by atoms with Crippen molar-refractivity contribution < 1.29 is 14.2 Å². The third-order valence-corrected chi connectivity index (χ3v) is 7.82. The first-order valence-corrected chi connectivity index (χ1v) is 14.2. The number of aromatic nitrogens is 3. The van der Waals surface area contributed by atoms with Crippen molar-refractivity contribution in [2.75, 3.05) is 31.5 Å². The molecule has 1 atom stereocenters. The fraction of sp³-hybridized carbons (Fsp3) is 0.176. The van der Waals surface area contributed by atoms with Crippen molar-refractivity contribution in [1.29, 1.82) is 0 Å². The van der Waals surface area contributed by atoms with Gasteiger partial charge in [-0.3, -0.25) is 0 Å². The minimum Gasteiger partial charge on any atom is -0.493 e. The Morgan fingerprint density at radius 1 is 0.795 bits per heavy atom. The zero-order valence-corrected chi connectivity index (χ0v) is 25.1. The van der Waals surface area contributed by atoms with E-state index in [2.05, 4.69) is 40.3 Å². The first-order chi connectivity index (χ1) is 21.5. The number of aliphatic imine (C=N–C) groups is 2. The van der Waals surface area contributed by atoms with E-state index in [9.17, 15) is 0 Å². The van der Waals surface area contributed by atoms with Gasteiger partial charge in [-0.25, -0.2) is 15.0 Å². The maximum atomic E-state index is 5.80. The lowest BCUT2D eigenvalue weighted by Gasteiger charge is -2.40. The van der Waals surface area contributed by atoms with Crippen LogP contribution in [-0.2, 0) is 0 Å².